The molecule has 0 saturated heterocycles. The molecule has 0 aliphatic rings. The number of nitrogens with zero attached hydrogens (tertiary/aromatic N) is 2. The summed E-state index contributed by atoms with van der Waals surface area (Å²) in [4.78, 5) is 2.03. The van der Waals surface area contributed by atoms with Crippen LogP contribution in [0, 0.1) is 18.3 Å². The zero-order valence-corrected chi connectivity index (χ0v) is 16.2. The van der Waals surface area contributed by atoms with E-state index in [1.165, 1.54) is 0 Å². The van der Waals surface area contributed by atoms with Crippen LogP contribution in [0.2, 0.25) is 0 Å². The van der Waals surface area contributed by atoms with Crippen molar-refractivity contribution in [1.29, 1.82) is 5.26 Å². The van der Waals surface area contributed by atoms with Crippen molar-refractivity contribution in [3.05, 3.63) is 53.1 Å². The maximum Gasteiger partial charge on any atom is 0.161 e. The molecule has 2 aromatic carbocycles. The number of likely N-dealkylation sites (N-methyl/N-ethyl adjacent to an activating group) is 1. The van der Waals surface area contributed by atoms with Gasteiger partial charge in [-0.3, -0.25) is 4.90 Å². The summed E-state index contributed by atoms with van der Waals surface area (Å²) in [6, 6.07) is 12.8. The average molecular weight is 370 g/mol. The molecule has 6 heteroatoms. The van der Waals surface area contributed by atoms with Gasteiger partial charge in [0.25, 0.3) is 0 Å². The minimum Gasteiger partial charge on any atom is -0.493 e. The molecule has 2 aromatic rings. The van der Waals surface area contributed by atoms with E-state index in [0.717, 1.165) is 11.1 Å². The van der Waals surface area contributed by atoms with Crippen LogP contribution in [0.5, 0.6) is 17.2 Å². The molecule has 2 rings (SSSR count). The second-order valence-corrected chi connectivity index (χ2v) is 6.43. The zero-order valence-electron chi connectivity index (χ0n) is 16.2. The highest BCUT2D eigenvalue weighted by Crippen LogP contribution is 2.30. The third-order valence-corrected chi connectivity index (χ3v) is 4.23. The van der Waals surface area contributed by atoms with Gasteiger partial charge in [-0.2, -0.15) is 5.26 Å². The lowest BCUT2D eigenvalue weighted by Gasteiger charge is -2.22. The maximum atomic E-state index is 10.2. The summed E-state index contributed by atoms with van der Waals surface area (Å²) in [7, 11) is 5.18. The van der Waals surface area contributed by atoms with E-state index in [1.54, 1.807) is 38.5 Å². The van der Waals surface area contributed by atoms with Gasteiger partial charge >= 0.3 is 0 Å². The lowest BCUT2D eigenvalue weighted by atomic mass is 10.1. The van der Waals surface area contributed by atoms with Gasteiger partial charge in [0.2, 0.25) is 0 Å². The van der Waals surface area contributed by atoms with Crippen LogP contribution in [0.25, 0.3) is 0 Å². The van der Waals surface area contributed by atoms with Crippen LogP contribution >= 0.6 is 0 Å². The fourth-order valence-electron chi connectivity index (χ4n) is 2.78. The van der Waals surface area contributed by atoms with Gasteiger partial charge in [0, 0.05) is 13.1 Å². The minimum atomic E-state index is -0.633. The quantitative estimate of drug-likeness (QED) is 0.732. The molecule has 0 aliphatic heterocycles. The molecule has 144 valence electrons. The monoisotopic (exact) mass is 370 g/mol. The molecule has 0 aromatic heterocycles. The van der Waals surface area contributed by atoms with Gasteiger partial charge in [-0.15, -0.1) is 0 Å². The second kappa shape index (κ2) is 9.81. The molecule has 0 saturated carbocycles. The molecule has 27 heavy (non-hydrogen) atoms. The third-order valence-electron chi connectivity index (χ3n) is 4.23. The molecule has 0 aliphatic carbocycles. The fraction of sp³-hybridized carbons (Fsp3) is 0.381. The van der Waals surface area contributed by atoms with Gasteiger partial charge < -0.3 is 19.3 Å². The van der Waals surface area contributed by atoms with E-state index in [4.69, 9.17) is 19.5 Å². The molecular formula is C21H26N2O4. The Balaban J connectivity index is 1.89. The van der Waals surface area contributed by atoms with E-state index < -0.39 is 6.10 Å². The van der Waals surface area contributed by atoms with Gasteiger partial charge in [-0.25, -0.2) is 0 Å². The van der Waals surface area contributed by atoms with Crippen LogP contribution in [-0.4, -0.2) is 50.5 Å². The highest BCUT2D eigenvalue weighted by Gasteiger charge is 2.13. The number of aliphatic hydroxyl groups is 1. The van der Waals surface area contributed by atoms with Gasteiger partial charge in [-0.1, -0.05) is 0 Å². The van der Waals surface area contributed by atoms with Crippen molar-refractivity contribution in [2.24, 2.45) is 0 Å². The summed E-state index contributed by atoms with van der Waals surface area (Å²) in [6.45, 7) is 3.33. The Hall–Kier alpha value is -2.75. The standard InChI is InChI=1S/C21H26N2O4/c1-15-9-20(25-3)21(26-4)10-17(15)12-23(2)13-18(24)14-27-19-7-5-16(11-22)6-8-19/h5-10,18,24H,12-14H2,1-4H3. The number of aliphatic hydroxyl groups excluding tert-OH is 1. The molecule has 0 bridgehead atoms. The van der Waals surface area contributed by atoms with Crippen LogP contribution in [0.3, 0.4) is 0 Å². The Morgan fingerprint density at radius 2 is 1.74 bits per heavy atom. The molecule has 0 fully saturated rings. The van der Waals surface area contributed by atoms with Crippen molar-refractivity contribution in [2.75, 3.05) is 34.4 Å². The Kier molecular flexibility index (Phi) is 7.47. The summed E-state index contributed by atoms with van der Waals surface area (Å²) in [5.74, 6) is 2.03. The van der Waals surface area contributed by atoms with Crippen LogP contribution in [0.15, 0.2) is 36.4 Å². The number of nitriles is 1. The van der Waals surface area contributed by atoms with Gasteiger partial charge in [0.1, 0.15) is 18.5 Å². The number of hydrogen-bond acceptors (Lipinski definition) is 6. The number of hydrogen-bond donors (Lipinski definition) is 1. The van der Waals surface area contributed by atoms with E-state index in [9.17, 15) is 5.11 Å². The van der Waals surface area contributed by atoms with Crippen molar-refractivity contribution in [1.82, 2.24) is 4.90 Å². The number of aryl methyl sites for hydroxylation is 1. The number of ether oxygens (including phenoxy) is 3. The molecule has 1 unspecified atom stereocenters. The molecule has 1 atom stereocenters. The predicted octanol–water partition coefficient (Wildman–Crippen LogP) is 2.76. The van der Waals surface area contributed by atoms with E-state index in [0.29, 0.717) is 35.9 Å². The Morgan fingerprint density at radius 3 is 2.33 bits per heavy atom. The first-order valence-electron chi connectivity index (χ1n) is 8.68. The lowest BCUT2D eigenvalue weighted by Crippen LogP contribution is -2.33. The topological polar surface area (TPSA) is 75.0 Å². The first-order chi connectivity index (χ1) is 13.0. The molecule has 0 radical (unpaired) electrons. The van der Waals surface area contributed by atoms with E-state index in [2.05, 4.69) is 6.07 Å². The predicted molar refractivity (Wildman–Crippen MR) is 103 cm³/mol. The lowest BCUT2D eigenvalue weighted by molar-refractivity contribution is 0.0743. The normalized spacial score (nSPS) is 11.7. The molecule has 0 spiro atoms. The van der Waals surface area contributed by atoms with Crippen molar-refractivity contribution >= 4 is 0 Å². The first kappa shape index (κ1) is 20.6. The summed E-state index contributed by atoms with van der Waals surface area (Å²) in [5, 5.41) is 19.0. The van der Waals surface area contributed by atoms with Crippen molar-refractivity contribution < 1.29 is 19.3 Å². The molecular weight excluding hydrogens is 344 g/mol. The van der Waals surface area contributed by atoms with E-state index >= 15 is 0 Å². The van der Waals surface area contributed by atoms with Gasteiger partial charge in [-0.05, 0) is 61.5 Å². The van der Waals surface area contributed by atoms with Crippen molar-refractivity contribution in [3.63, 3.8) is 0 Å². The highest BCUT2D eigenvalue weighted by molar-refractivity contribution is 5.47. The van der Waals surface area contributed by atoms with Crippen LogP contribution in [0.4, 0.5) is 0 Å². The maximum absolute atomic E-state index is 10.2. The second-order valence-electron chi connectivity index (χ2n) is 6.43. The SMILES string of the molecule is COc1cc(C)c(CN(C)CC(O)COc2ccc(C#N)cc2)cc1OC. The highest BCUT2D eigenvalue weighted by atomic mass is 16.5. The van der Waals surface area contributed by atoms with Gasteiger partial charge in [0.15, 0.2) is 11.5 Å². The zero-order chi connectivity index (χ0) is 19.8. The van der Waals surface area contributed by atoms with Crippen molar-refractivity contribution in [2.45, 2.75) is 19.6 Å². The smallest absolute Gasteiger partial charge is 0.161 e. The third kappa shape index (κ3) is 5.88. The summed E-state index contributed by atoms with van der Waals surface area (Å²) < 4.78 is 16.3. The summed E-state index contributed by atoms with van der Waals surface area (Å²) >= 11 is 0. The average Bonchev–Trinajstić information content (AvgIpc) is 2.67. The van der Waals surface area contributed by atoms with Gasteiger partial charge in [0.05, 0.1) is 25.9 Å². The number of rotatable bonds is 9. The van der Waals surface area contributed by atoms with E-state index in [1.807, 2.05) is 31.0 Å². The summed E-state index contributed by atoms with van der Waals surface area (Å²) in [6.07, 6.45) is -0.633. The van der Waals surface area contributed by atoms with Crippen molar-refractivity contribution in [3.8, 4) is 23.3 Å². The molecule has 6 nitrogen and oxygen atoms in total. The number of methoxy groups -OCH3 is 2. The fourth-order valence-corrected chi connectivity index (χ4v) is 2.78. The van der Waals surface area contributed by atoms with E-state index in [-0.39, 0.29) is 6.61 Å². The molecule has 0 amide bonds. The van der Waals surface area contributed by atoms with Crippen LogP contribution in [0.1, 0.15) is 16.7 Å². The Morgan fingerprint density at radius 1 is 1.11 bits per heavy atom. The van der Waals surface area contributed by atoms with Crippen LogP contribution in [-0.2, 0) is 6.54 Å². The Bertz CT molecular complexity index is 784. The molecule has 0 heterocycles. The Labute approximate surface area is 160 Å². The largest absolute Gasteiger partial charge is 0.493 e. The summed E-state index contributed by atoms with van der Waals surface area (Å²) in [5.41, 5.74) is 2.78. The first-order valence-corrected chi connectivity index (χ1v) is 8.68. The molecule has 1 N–H and O–H groups in total. The minimum absolute atomic E-state index is 0.182. The number of benzene rings is 2. The van der Waals surface area contributed by atoms with Crippen LogP contribution < -0.4 is 14.2 Å².